The number of nitrogens with zero attached hydrogens (tertiary/aromatic N) is 3. The van der Waals surface area contributed by atoms with Crippen molar-refractivity contribution in [3.63, 3.8) is 0 Å². The van der Waals surface area contributed by atoms with Gasteiger partial charge in [-0.2, -0.15) is 0 Å². The van der Waals surface area contributed by atoms with E-state index in [1.54, 1.807) is 4.90 Å². The van der Waals surface area contributed by atoms with Crippen molar-refractivity contribution in [1.82, 2.24) is 14.8 Å². The van der Waals surface area contributed by atoms with Crippen LogP contribution in [0.3, 0.4) is 0 Å². The molecule has 2 rings (SSSR count). The number of likely N-dealkylation sites (N-methyl/N-ethyl adjacent to an activating group) is 1. The summed E-state index contributed by atoms with van der Waals surface area (Å²) >= 11 is 0. The highest BCUT2D eigenvalue weighted by Gasteiger charge is 2.23. The standard InChI is InChI=1S/C14H21FN4O/c1-3-4-16-13-12(9-11(15)10-17-13)14(20)19-7-5-18(2)6-8-19/h9-10H,3-8H2,1-2H3,(H,16,17). The molecule has 20 heavy (non-hydrogen) atoms. The Hall–Kier alpha value is -1.69. The summed E-state index contributed by atoms with van der Waals surface area (Å²) in [5.74, 6) is -0.162. The Kier molecular flexibility index (Phi) is 4.89. The normalized spacial score (nSPS) is 16.2. The van der Waals surface area contributed by atoms with Crippen molar-refractivity contribution >= 4 is 11.7 Å². The quantitative estimate of drug-likeness (QED) is 0.906. The Labute approximate surface area is 118 Å². The summed E-state index contributed by atoms with van der Waals surface area (Å²) in [6.45, 7) is 5.75. The summed E-state index contributed by atoms with van der Waals surface area (Å²) in [5.41, 5.74) is 0.322. The average Bonchev–Trinajstić information content (AvgIpc) is 2.46. The molecule has 1 amide bonds. The number of piperazine rings is 1. The van der Waals surface area contributed by atoms with E-state index in [4.69, 9.17) is 0 Å². The van der Waals surface area contributed by atoms with Gasteiger partial charge in [0.1, 0.15) is 11.6 Å². The molecule has 1 fully saturated rings. The number of rotatable bonds is 4. The van der Waals surface area contributed by atoms with Crippen molar-refractivity contribution in [3.8, 4) is 0 Å². The highest BCUT2D eigenvalue weighted by atomic mass is 19.1. The van der Waals surface area contributed by atoms with Crippen LogP contribution in [0.2, 0.25) is 0 Å². The molecule has 0 unspecified atom stereocenters. The fourth-order valence-corrected chi connectivity index (χ4v) is 2.17. The molecular weight excluding hydrogens is 259 g/mol. The highest BCUT2D eigenvalue weighted by molar-refractivity contribution is 5.98. The molecule has 0 aliphatic carbocycles. The molecule has 0 aromatic carbocycles. The molecule has 1 aromatic rings. The molecule has 1 aliphatic heterocycles. The maximum atomic E-state index is 13.4. The predicted molar refractivity (Wildman–Crippen MR) is 76.4 cm³/mol. The van der Waals surface area contributed by atoms with Crippen LogP contribution in [-0.2, 0) is 0 Å². The van der Waals surface area contributed by atoms with E-state index >= 15 is 0 Å². The van der Waals surface area contributed by atoms with Gasteiger partial charge in [0.25, 0.3) is 5.91 Å². The minimum Gasteiger partial charge on any atom is -0.369 e. The average molecular weight is 280 g/mol. The fourth-order valence-electron chi connectivity index (χ4n) is 2.17. The zero-order valence-corrected chi connectivity index (χ0v) is 12.0. The third kappa shape index (κ3) is 3.45. The molecule has 5 nitrogen and oxygen atoms in total. The molecule has 0 bridgehead atoms. The lowest BCUT2D eigenvalue weighted by molar-refractivity contribution is 0.0664. The molecule has 1 saturated heterocycles. The van der Waals surface area contributed by atoms with Gasteiger partial charge in [-0.15, -0.1) is 0 Å². The number of hydrogen-bond donors (Lipinski definition) is 1. The third-order valence-corrected chi connectivity index (χ3v) is 3.42. The van der Waals surface area contributed by atoms with Crippen molar-refractivity contribution in [2.24, 2.45) is 0 Å². The Morgan fingerprint density at radius 1 is 1.40 bits per heavy atom. The van der Waals surface area contributed by atoms with Crippen molar-refractivity contribution in [2.45, 2.75) is 13.3 Å². The second-order valence-corrected chi connectivity index (χ2v) is 5.07. The van der Waals surface area contributed by atoms with Gasteiger partial charge in [-0.05, 0) is 19.5 Å². The Balaban J connectivity index is 2.17. The van der Waals surface area contributed by atoms with Crippen molar-refractivity contribution in [2.75, 3.05) is 45.1 Å². The van der Waals surface area contributed by atoms with Crippen LogP contribution in [0.1, 0.15) is 23.7 Å². The van der Waals surface area contributed by atoms with Crippen LogP contribution < -0.4 is 5.32 Å². The summed E-state index contributed by atoms with van der Waals surface area (Å²) in [6.07, 6.45) is 2.06. The number of pyridine rings is 1. The van der Waals surface area contributed by atoms with Gasteiger partial charge in [0.2, 0.25) is 0 Å². The number of amides is 1. The van der Waals surface area contributed by atoms with Gasteiger partial charge in [-0.25, -0.2) is 9.37 Å². The van der Waals surface area contributed by atoms with Gasteiger partial charge >= 0.3 is 0 Å². The van der Waals surface area contributed by atoms with E-state index in [9.17, 15) is 9.18 Å². The van der Waals surface area contributed by atoms with Crippen molar-refractivity contribution in [3.05, 3.63) is 23.6 Å². The van der Waals surface area contributed by atoms with Crippen LogP contribution in [-0.4, -0.2) is 60.5 Å². The van der Waals surface area contributed by atoms with Crippen LogP contribution in [0.4, 0.5) is 10.2 Å². The number of carbonyl (C=O) groups excluding carboxylic acids is 1. The molecule has 110 valence electrons. The summed E-state index contributed by atoms with van der Waals surface area (Å²) in [4.78, 5) is 20.4. The van der Waals surface area contributed by atoms with E-state index < -0.39 is 5.82 Å². The number of hydrogen-bond acceptors (Lipinski definition) is 4. The monoisotopic (exact) mass is 280 g/mol. The second kappa shape index (κ2) is 6.65. The predicted octanol–water partition coefficient (Wildman–Crippen LogP) is 1.43. The van der Waals surface area contributed by atoms with Gasteiger partial charge in [-0.3, -0.25) is 4.79 Å². The zero-order valence-electron chi connectivity index (χ0n) is 12.0. The Morgan fingerprint density at radius 3 is 2.75 bits per heavy atom. The molecule has 0 atom stereocenters. The van der Waals surface area contributed by atoms with Gasteiger partial charge in [0.05, 0.1) is 11.8 Å². The van der Waals surface area contributed by atoms with E-state index in [0.29, 0.717) is 31.0 Å². The van der Waals surface area contributed by atoms with Gasteiger partial charge in [0, 0.05) is 32.7 Å². The van der Waals surface area contributed by atoms with E-state index in [0.717, 1.165) is 25.7 Å². The molecule has 0 radical (unpaired) electrons. The lowest BCUT2D eigenvalue weighted by Gasteiger charge is -2.32. The molecule has 2 heterocycles. The summed E-state index contributed by atoms with van der Waals surface area (Å²) in [5, 5.41) is 3.08. The number of carbonyl (C=O) groups is 1. The van der Waals surface area contributed by atoms with Crippen LogP contribution in [0, 0.1) is 5.82 Å². The smallest absolute Gasteiger partial charge is 0.257 e. The van der Waals surface area contributed by atoms with Crippen molar-refractivity contribution in [1.29, 1.82) is 0 Å². The minimum absolute atomic E-state index is 0.149. The molecule has 1 N–H and O–H groups in total. The van der Waals surface area contributed by atoms with Crippen LogP contribution >= 0.6 is 0 Å². The van der Waals surface area contributed by atoms with Crippen LogP contribution in [0.15, 0.2) is 12.3 Å². The number of nitrogens with one attached hydrogen (secondary N) is 1. The summed E-state index contributed by atoms with van der Waals surface area (Å²) in [6, 6.07) is 1.27. The minimum atomic E-state index is -0.482. The Bertz CT molecular complexity index is 472. The van der Waals surface area contributed by atoms with Gasteiger partial charge in [0.15, 0.2) is 0 Å². The van der Waals surface area contributed by atoms with E-state index in [-0.39, 0.29) is 5.91 Å². The molecule has 1 aliphatic rings. The number of halogens is 1. The SMILES string of the molecule is CCCNc1ncc(F)cc1C(=O)N1CCN(C)CC1. The lowest BCUT2D eigenvalue weighted by atomic mass is 10.2. The molecule has 1 aromatic heterocycles. The van der Waals surface area contributed by atoms with E-state index in [1.165, 1.54) is 6.07 Å². The topological polar surface area (TPSA) is 48.5 Å². The zero-order chi connectivity index (χ0) is 14.5. The summed E-state index contributed by atoms with van der Waals surface area (Å²) < 4.78 is 13.4. The fraction of sp³-hybridized carbons (Fsp3) is 0.571. The highest BCUT2D eigenvalue weighted by Crippen LogP contribution is 2.17. The first kappa shape index (κ1) is 14.7. The van der Waals surface area contributed by atoms with Crippen LogP contribution in [0.25, 0.3) is 0 Å². The third-order valence-electron chi connectivity index (χ3n) is 3.42. The molecule has 6 heteroatoms. The lowest BCUT2D eigenvalue weighted by Crippen LogP contribution is -2.47. The Morgan fingerprint density at radius 2 is 2.10 bits per heavy atom. The van der Waals surface area contributed by atoms with Gasteiger partial charge in [-0.1, -0.05) is 6.92 Å². The first-order chi connectivity index (χ1) is 9.61. The van der Waals surface area contributed by atoms with E-state index in [2.05, 4.69) is 15.2 Å². The second-order valence-electron chi connectivity index (χ2n) is 5.07. The van der Waals surface area contributed by atoms with Crippen LogP contribution in [0.5, 0.6) is 0 Å². The maximum absolute atomic E-state index is 13.4. The number of aromatic nitrogens is 1. The van der Waals surface area contributed by atoms with Crippen molar-refractivity contribution < 1.29 is 9.18 Å². The molecular formula is C14H21FN4O. The molecule has 0 saturated carbocycles. The maximum Gasteiger partial charge on any atom is 0.257 e. The van der Waals surface area contributed by atoms with Gasteiger partial charge < -0.3 is 15.1 Å². The summed E-state index contributed by atoms with van der Waals surface area (Å²) in [7, 11) is 2.03. The first-order valence-corrected chi connectivity index (χ1v) is 6.99. The first-order valence-electron chi connectivity index (χ1n) is 6.99. The largest absolute Gasteiger partial charge is 0.369 e. The number of anilines is 1. The molecule has 0 spiro atoms. The van der Waals surface area contributed by atoms with E-state index in [1.807, 2.05) is 14.0 Å².